The Kier molecular flexibility index (Phi) is 7.72. The predicted octanol–water partition coefficient (Wildman–Crippen LogP) is 3.13. The first-order valence-corrected chi connectivity index (χ1v) is 10.2. The van der Waals surface area contributed by atoms with Crippen molar-refractivity contribution in [2.75, 3.05) is 13.4 Å². The zero-order valence-corrected chi connectivity index (χ0v) is 18.0. The molecule has 0 saturated heterocycles. The molecule has 9 heteroatoms. The third-order valence-corrected chi connectivity index (χ3v) is 4.58. The fourth-order valence-electron chi connectivity index (χ4n) is 2.86. The van der Waals surface area contributed by atoms with Gasteiger partial charge in [-0.05, 0) is 60.4 Å². The number of nitrogens with one attached hydrogen (secondary N) is 2. The second kappa shape index (κ2) is 10.7. The number of nitrogens with zero attached hydrogens (tertiary/aromatic N) is 1. The van der Waals surface area contributed by atoms with E-state index < -0.39 is 17.9 Å². The Labute approximate surface area is 185 Å². The number of halogens is 1. The molecule has 1 atom stereocenters. The van der Waals surface area contributed by atoms with Gasteiger partial charge in [-0.2, -0.15) is 5.10 Å². The third-order valence-electron chi connectivity index (χ3n) is 4.33. The summed E-state index contributed by atoms with van der Waals surface area (Å²) in [6.07, 6.45) is 1.95. The van der Waals surface area contributed by atoms with Crippen LogP contribution in [0.15, 0.2) is 47.6 Å². The summed E-state index contributed by atoms with van der Waals surface area (Å²) in [6, 6.07) is 11.3. The van der Waals surface area contributed by atoms with E-state index in [1.165, 1.54) is 6.21 Å². The molecule has 31 heavy (non-hydrogen) atoms. The highest BCUT2D eigenvalue weighted by Crippen LogP contribution is 2.31. The normalized spacial score (nSPS) is 13.3. The Bertz CT molecular complexity index is 947. The van der Waals surface area contributed by atoms with Crippen molar-refractivity contribution >= 4 is 29.6 Å². The van der Waals surface area contributed by atoms with Crippen molar-refractivity contribution in [1.29, 1.82) is 0 Å². The van der Waals surface area contributed by atoms with Crippen LogP contribution in [0.2, 0.25) is 5.02 Å². The Morgan fingerprint density at radius 3 is 2.65 bits per heavy atom. The van der Waals surface area contributed by atoms with Gasteiger partial charge in [0.15, 0.2) is 18.1 Å². The fraction of sp³-hybridized carbons (Fsp3) is 0.318. The molecule has 0 aromatic heterocycles. The highest BCUT2D eigenvalue weighted by molar-refractivity contribution is 6.30. The largest absolute Gasteiger partial charge is 0.484 e. The summed E-state index contributed by atoms with van der Waals surface area (Å²) in [5.41, 5.74) is 3.22. The number of amides is 2. The second-order valence-electron chi connectivity index (χ2n) is 7.34. The van der Waals surface area contributed by atoms with Gasteiger partial charge in [0.05, 0.1) is 6.21 Å². The Morgan fingerprint density at radius 2 is 1.90 bits per heavy atom. The van der Waals surface area contributed by atoms with E-state index >= 15 is 0 Å². The number of hydrogen-bond acceptors (Lipinski definition) is 6. The maximum Gasteiger partial charge on any atom is 0.262 e. The van der Waals surface area contributed by atoms with Gasteiger partial charge in [0, 0.05) is 5.02 Å². The van der Waals surface area contributed by atoms with Crippen molar-refractivity contribution in [2.45, 2.75) is 26.3 Å². The van der Waals surface area contributed by atoms with Crippen molar-refractivity contribution in [3.63, 3.8) is 0 Å². The first-order valence-electron chi connectivity index (χ1n) is 9.81. The number of hydrazone groups is 1. The molecule has 0 fully saturated rings. The number of rotatable bonds is 9. The first kappa shape index (κ1) is 22.4. The molecule has 0 radical (unpaired) electrons. The van der Waals surface area contributed by atoms with Crippen LogP contribution in [0.1, 0.15) is 25.8 Å². The molecule has 2 aromatic rings. The molecule has 0 spiro atoms. The van der Waals surface area contributed by atoms with Gasteiger partial charge in [0.25, 0.3) is 11.8 Å². The molecule has 1 aliphatic heterocycles. The van der Waals surface area contributed by atoms with Gasteiger partial charge < -0.3 is 19.5 Å². The third kappa shape index (κ3) is 6.89. The standard InChI is InChI=1S/C22H24ClN3O5/c1-14(2)9-18(25-21(27)12-29-17-6-4-16(23)5-7-17)22(28)26-24-11-15-3-8-19-20(10-15)31-13-30-19/h3-8,10-11,14,18H,9,12-13H2,1-2H3,(H,25,27)(H,26,28)/b24-11-/t18-/m1/s1. The van der Waals surface area contributed by atoms with Crippen molar-refractivity contribution in [2.24, 2.45) is 11.0 Å². The van der Waals surface area contributed by atoms with Crippen LogP contribution >= 0.6 is 11.6 Å². The quantitative estimate of drug-likeness (QED) is 0.456. The summed E-state index contributed by atoms with van der Waals surface area (Å²) in [5.74, 6) is 1.17. The van der Waals surface area contributed by atoms with E-state index in [0.717, 1.165) is 5.56 Å². The van der Waals surface area contributed by atoms with Crippen LogP contribution < -0.4 is 25.0 Å². The van der Waals surface area contributed by atoms with Gasteiger partial charge in [0.1, 0.15) is 11.8 Å². The van der Waals surface area contributed by atoms with Crippen molar-refractivity contribution in [1.82, 2.24) is 10.7 Å². The zero-order valence-electron chi connectivity index (χ0n) is 17.3. The molecule has 2 N–H and O–H groups in total. The van der Waals surface area contributed by atoms with Crippen molar-refractivity contribution < 1.29 is 23.8 Å². The summed E-state index contributed by atoms with van der Waals surface area (Å²) in [4.78, 5) is 24.8. The Balaban J connectivity index is 1.53. The molecule has 1 aliphatic rings. The first-order chi connectivity index (χ1) is 14.9. The number of fused-ring (bicyclic) bond motifs is 1. The van der Waals surface area contributed by atoms with Crippen LogP contribution in [-0.4, -0.2) is 37.5 Å². The maximum atomic E-state index is 12.6. The smallest absolute Gasteiger partial charge is 0.262 e. The van der Waals surface area contributed by atoms with Crippen LogP contribution in [0.25, 0.3) is 0 Å². The second-order valence-corrected chi connectivity index (χ2v) is 7.78. The number of ether oxygens (including phenoxy) is 3. The van der Waals surface area contributed by atoms with Crippen LogP contribution in [0.5, 0.6) is 17.2 Å². The summed E-state index contributed by atoms with van der Waals surface area (Å²) in [5, 5.41) is 7.26. The minimum atomic E-state index is -0.741. The lowest BCUT2D eigenvalue weighted by Crippen LogP contribution is -2.47. The lowest BCUT2D eigenvalue weighted by Gasteiger charge is -2.19. The average Bonchev–Trinajstić information content (AvgIpc) is 3.20. The molecule has 0 unspecified atom stereocenters. The molecular formula is C22H24ClN3O5. The fourth-order valence-corrected chi connectivity index (χ4v) is 2.99. The van der Waals surface area contributed by atoms with E-state index in [9.17, 15) is 9.59 Å². The average molecular weight is 446 g/mol. The molecule has 0 saturated carbocycles. The maximum absolute atomic E-state index is 12.6. The number of carbonyl (C=O) groups excluding carboxylic acids is 2. The van der Waals surface area contributed by atoms with E-state index in [-0.39, 0.29) is 19.3 Å². The van der Waals surface area contributed by atoms with Crippen LogP contribution in [0.3, 0.4) is 0 Å². The number of hydrogen-bond donors (Lipinski definition) is 2. The van der Waals surface area contributed by atoms with Gasteiger partial charge in [-0.15, -0.1) is 0 Å². The van der Waals surface area contributed by atoms with E-state index in [4.69, 9.17) is 25.8 Å². The predicted molar refractivity (Wildman–Crippen MR) is 117 cm³/mol. The van der Waals surface area contributed by atoms with E-state index in [1.54, 1.807) is 42.5 Å². The topological polar surface area (TPSA) is 98.2 Å². The molecule has 164 valence electrons. The molecule has 3 rings (SSSR count). The molecule has 2 amide bonds. The SMILES string of the molecule is CC(C)C[C@@H](NC(=O)COc1ccc(Cl)cc1)C(=O)N/N=C\c1ccc2c(c1)OCO2. The van der Waals surface area contributed by atoms with Gasteiger partial charge in [-0.3, -0.25) is 9.59 Å². The monoisotopic (exact) mass is 445 g/mol. The van der Waals surface area contributed by atoms with Crippen molar-refractivity contribution in [3.05, 3.63) is 53.1 Å². The minimum absolute atomic E-state index is 0.185. The van der Waals surface area contributed by atoms with Crippen LogP contribution in [0.4, 0.5) is 0 Å². The lowest BCUT2D eigenvalue weighted by atomic mass is 10.0. The molecule has 2 aromatic carbocycles. The van der Waals surface area contributed by atoms with Crippen LogP contribution in [-0.2, 0) is 9.59 Å². The Morgan fingerprint density at radius 1 is 1.16 bits per heavy atom. The van der Waals surface area contributed by atoms with Gasteiger partial charge in [-0.25, -0.2) is 5.43 Å². The molecule has 0 bridgehead atoms. The summed E-state index contributed by atoms with van der Waals surface area (Å²) in [7, 11) is 0. The van der Waals surface area contributed by atoms with Crippen molar-refractivity contribution in [3.8, 4) is 17.2 Å². The van der Waals surface area contributed by atoms with Crippen LogP contribution in [0, 0.1) is 5.92 Å². The van der Waals surface area contributed by atoms with Gasteiger partial charge in [-0.1, -0.05) is 25.4 Å². The highest BCUT2D eigenvalue weighted by atomic mass is 35.5. The van der Waals surface area contributed by atoms with Gasteiger partial charge >= 0.3 is 0 Å². The van der Waals surface area contributed by atoms with Gasteiger partial charge in [0.2, 0.25) is 6.79 Å². The van der Waals surface area contributed by atoms with E-state index in [1.807, 2.05) is 13.8 Å². The zero-order chi connectivity index (χ0) is 22.2. The summed E-state index contributed by atoms with van der Waals surface area (Å²) in [6.45, 7) is 3.90. The number of carbonyl (C=O) groups is 2. The van der Waals surface area contributed by atoms with E-state index in [2.05, 4.69) is 15.8 Å². The molecular weight excluding hydrogens is 422 g/mol. The molecule has 1 heterocycles. The molecule has 8 nitrogen and oxygen atoms in total. The minimum Gasteiger partial charge on any atom is -0.484 e. The summed E-state index contributed by atoms with van der Waals surface area (Å²) < 4.78 is 16.0. The van der Waals surface area contributed by atoms with E-state index in [0.29, 0.717) is 28.7 Å². The number of benzene rings is 2. The highest BCUT2D eigenvalue weighted by Gasteiger charge is 2.22. The Hall–Kier alpha value is -3.26. The molecule has 0 aliphatic carbocycles. The lowest BCUT2D eigenvalue weighted by molar-refractivity contribution is -0.130. The summed E-state index contributed by atoms with van der Waals surface area (Å²) >= 11 is 5.83.